The molecule has 2 heterocycles. The van der Waals surface area contributed by atoms with E-state index in [4.69, 9.17) is 11.0 Å². The van der Waals surface area contributed by atoms with Gasteiger partial charge < -0.3 is 11.1 Å². The minimum atomic E-state index is -0.0936. The zero-order valence-corrected chi connectivity index (χ0v) is 12.2. The Balaban J connectivity index is 1.78. The zero-order chi connectivity index (χ0) is 13.7. The molecule has 0 aromatic carbocycles. The number of hydrogen-bond donors (Lipinski definition) is 2. The summed E-state index contributed by atoms with van der Waals surface area (Å²) in [7, 11) is 0. The van der Waals surface area contributed by atoms with Crippen LogP contribution in [0.1, 0.15) is 12.0 Å². The van der Waals surface area contributed by atoms with Gasteiger partial charge in [0.05, 0.1) is 16.0 Å². The summed E-state index contributed by atoms with van der Waals surface area (Å²) in [6.45, 7) is 0. The van der Waals surface area contributed by atoms with E-state index in [2.05, 4.69) is 10.3 Å². The van der Waals surface area contributed by atoms with Crippen LogP contribution in [0.15, 0.2) is 21.9 Å². The molecule has 1 amide bonds. The first-order valence-corrected chi connectivity index (χ1v) is 7.99. The minimum absolute atomic E-state index is 0.0936. The first-order chi connectivity index (χ1) is 9.19. The molecule has 2 rings (SSSR count). The summed E-state index contributed by atoms with van der Waals surface area (Å²) in [5, 5.41) is 14.5. The van der Waals surface area contributed by atoms with Gasteiger partial charge in [0, 0.05) is 12.2 Å². The molecule has 0 aliphatic heterocycles. The second-order valence-corrected chi connectivity index (χ2v) is 6.81. The van der Waals surface area contributed by atoms with E-state index in [-0.39, 0.29) is 5.91 Å². The summed E-state index contributed by atoms with van der Waals surface area (Å²) in [6, 6.07) is 3.73. The van der Waals surface area contributed by atoms with Crippen LogP contribution in [-0.2, 0) is 4.79 Å². The molecule has 0 atom stereocenters. The number of carbonyl (C=O) groups excluding carboxylic acids is 1. The SMILES string of the molecule is N#Cc1ccsc1NC(=O)CCSc1cnc(N)s1. The van der Waals surface area contributed by atoms with Crippen molar-refractivity contribution in [1.29, 1.82) is 5.26 Å². The fourth-order valence-corrected chi connectivity index (χ4v) is 3.79. The van der Waals surface area contributed by atoms with Gasteiger partial charge in [0.2, 0.25) is 5.91 Å². The Hall–Kier alpha value is -1.56. The third-order valence-corrected chi connectivity index (χ3v) is 4.97. The summed E-state index contributed by atoms with van der Waals surface area (Å²) in [6.07, 6.45) is 2.08. The number of carbonyl (C=O) groups is 1. The Morgan fingerprint density at radius 2 is 2.47 bits per heavy atom. The maximum atomic E-state index is 11.7. The average molecular weight is 310 g/mol. The Morgan fingerprint density at radius 3 is 3.16 bits per heavy atom. The number of nitrogens with zero attached hydrogens (tertiary/aromatic N) is 2. The molecule has 0 unspecified atom stereocenters. The fraction of sp³-hybridized carbons (Fsp3) is 0.182. The summed E-state index contributed by atoms with van der Waals surface area (Å²) in [5.74, 6) is 0.560. The number of nitrogen functional groups attached to an aromatic ring is 1. The van der Waals surface area contributed by atoms with Crippen molar-refractivity contribution >= 4 is 50.5 Å². The predicted octanol–water partition coefficient (Wildman–Crippen LogP) is 2.78. The number of rotatable bonds is 5. The van der Waals surface area contributed by atoms with E-state index < -0.39 is 0 Å². The van der Waals surface area contributed by atoms with Crippen molar-refractivity contribution in [1.82, 2.24) is 4.98 Å². The molecule has 19 heavy (non-hydrogen) atoms. The highest BCUT2D eigenvalue weighted by Crippen LogP contribution is 2.27. The van der Waals surface area contributed by atoms with Gasteiger partial charge in [0.1, 0.15) is 11.1 Å². The summed E-state index contributed by atoms with van der Waals surface area (Å²) >= 11 is 4.30. The highest BCUT2D eigenvalue weighted by molar-refractivity contribution is 8.01. The summed E-state index contributed by atoms with van der Waals surface area (Å²) < 4.78 is 0.999. The number of amides is 1. The first-order valence-electron chi connectivity index (χ1n) is 5.30. The number of nitriles is 1. The molecule has 3 N–H and O–H groups in total. The molecule has 2 aromatic rings. The van der Waals surface area contributed by atoms with E-state index >= 15 is 0 Å². The largest absolute Gasteiger partial charge is 0.375 e. The molecule has 0 saturated carbocycles. The standard InChI is InChI=1S/C11H10N4OS3/c12-5-7-1-3-18-10(7)15-8(16)2-4-17-9-6-14-11(13)19-9/h1,3,6H,2,4H2,(H2,13,14)(H,15,16). The molecule has 0 radical (unpaired) electrons. The van der Waals surface area contributed by atoms with E-state index in [1.807, 2.05) is 6.07 Å². The minimum Gasteiger partial charge on any atom is -0.375 e. The molecule has 0 aliphatic carbocycles. The lowest BCUT2D eigenvalue weighted by molar-refractivity contribution is -0.115. The van der Waals surface area contributed by atoms with Crippen molar-refractivity contribution in [3.05, 3.63) is 23.2 Å². The highest BCUT2D eigenvalue weighted by atomic mass is 32.2. The quantitative estimate of drug-likeness (QED) is 0.828. The molecule has 0 bridgehead atoms. The lowest BCUT2D eigenvalue weighted by Crippen LogP contribution is -2.11. The number of nitrogens with two attached hydrogens (primary N) is 1. The normalized spacial score (nSPS) is 10.1. The van der Waals surface area contributed by atoms with Gasteiger partial charge in [-0.3, -0.25) is 4.79 Å². The first kappa shape index (κ1) is 13.9. The summed E-state index contributed by atoms with van der Waals surface area (Å²) in [4.78, 5) is 15.6. The molecule has 2 aromatic heterocycles. The van der Waals surface area contributed by atoms with E-state index in [9.17, 15) is 4.79 Å². The van der Waals surface area contributed by atoms with Crippen molar-refractivity contribution < 1.29 is 4.79 Å². The number of nitrogens with one attached hydrogen (secondary N) is 1. The molecule has 0 spiro atoms. The number of thiophene rings is 1. The second-order valence-electron chi connectivity index (χ2n) is 3.44. The van der Waals surface area contributed by atoms with Gasteiger partial charge in [0.15, 0.2) is 5.13 Å². The van der Waals surface area contributed by atoms with Crippen LogP contribution in [0.25, 0.3) is 0 Å². The second kappa shape index (κ2) is 6.56. The van der Waals surface area contributed by atoms with Crippen LogP contribution in [-0.4, -0.2) is 16.6 Å². The number of anilines is 2. The molecule has 0 fully saturated rings. The van der Waals surface area contributed by atoms with Crippen molar-refractivity contribution in [3.8, 4) is 6.07 Å². The van der Waals surface area contributed by atoms with E-state index in [0.717, 1.165) is 4.21 Å². The predicted molar refractivity (Wildman–Crippen MR) is 79.5 cm³/mol. The fourth-order valence-electron chi connectivity index (χ4n) is 1.27. The number of hydrogen-bond acceptors (Lipinski definition) is 7. The van der Waals surface area contributed by atoms with Crippen LogP contribution in [0.3, 0.4) is 0 Å². The average Bonchev–Trinajstić information content (AvgIpc) is 2.98. The van der Waals surface area contributed by atoms with Crippen LogP contribution in [0.4, 0.5) is 10.1 Å². The smallest absolute Gasteiger partial charge is 0.225 e. The third-order valence-electron chi connectivity index (χ3n) is 2.11. The highest BCUT2D eigenvalue weighted by Gasteiger charge is 2.08. The van der Waals surface area contributed by atoms with Gasteiger partial charge in [-0.15, -0.1) is 23.1 Å². The van der Waals surface area contributed by atoms with Gasteiger partial charge >= 0.3 is 0 Å². The van der Waals surface area contributed by atoms with Crippen LogP contribution in [0, 0.1) is 11.3 Å². The van der Waals surface area contributed by atoms with E-state index in [1.54, 1.807) is 29.4 Å². The van der Waals surface area contributed by atoms with Gasteiger partial charge in [-0.2, -0.15) is 5.26 Å². The Kier molecular flexibility index (Phi) is 4.79. The van der Waals surface area contributed by atoms with E-state index in [0.29, 0.717) is 27.9 Å². The Labute approximate surface area is 122 Å². The monoisotopic (exact) mass is 310 g/mol. The molecule has 98 valence electrons. The maximum absolute atomic E-state index is 11.7. The van der Waals surface area contributed by atoms with Crippen LogP contribution < -0.4 is 11.1 Å². The lowest BCUT2D eigenvalue weighted by atomic mass is 10.3. The van der Waals surface area contributed by atoms with E-state index in [1.165, 1.54) is 22.7 Å². The Bertz CT molecular complexity index is 613. The molecular weight excluding hydrogens is 300 g/mol. The van der Waals surface area contributed by atoms with Gasteiger partial charge in [-0.25, -0.2) is 4.98 Å². The number of thioether (sulfide) groups is 1. The van der Waals surface area contributed by atoms with Crippen molar-refractivity contribution in [3.63, 3.8) is 0 Å². The molecule has 8 heteroatoms. The van der Waals surface area contributed by atoms with Crippen LogP contribution >= 0.6 is 34.4 Å². The number of aromatic nitrogens is 1. The van der Waals surface area contributed by atoms with Crippen molar-refractivity contribution in [2.45, 2.75) is 10.6 Å². The van der Waals surface area contributed by atoms with Crippen molar-refractivity contribution in [2.75, 3.05) is 16.8 Å². The van der Waals surface area contributed by atoms with Crippen LogP contribution in [0.5, 0.6) is 0 Å². The molecule has 0 aliphatic rings. The number of thiazole rings is 1. The maximum Gasteiger partial charge on any atom is 0.225 e. The molecule has 5 nitrogen and oxygen atoms in total. The summed E-state index contributed by atoms with van der Waals surface area (Å²) in [5.41, 5.74) is 6.02. The van der Waals surface area contributed by atoms with Crippen molar-refractivity contribution in [2.24, 2.45) is 0 Å². The third kappa shape index (κ3) is 3.96. The van der Waals surface area contributed by atoms with Gasteiger partial charge in [-0.05, 0) is 11.4 Å². The Morgan fingerprint density at radius 1 is 1.63 bits per heavy atom. The molecule has 0 saturated heterocycles. The van der Waals surface area contributed by atoms with Crippen LogP contribution in [0.2, 0.25) is 0 Å². The molecular formula is C11H10N4OS3. The van der Waals surface area contributed by atoms with Gasteiger partial charge in [-0.1, -0.05) is 11.3 Å². The van der Waals surface area contributed by atoms with Gasteiger partial charge in [0.25, 0.3) is 0 Å². The topological polar surface area (TPSA) is 91.8 Å². The zero-order valence-electron chi connectivity index (χ0n) is 9.75. The lowest BCUT2D eigenvalue weighted by Gasteiger charge is -2.02.